The van der Waals surface area contributed by atoms with Crippen molar-refractivity contribution < 1.29 is 9.53 Å². The highest BCUT2D eigenvalue weighted by Gasteiger charge is 2.18. The van der Waals surface area contributed by atoms with E-state index >= 15 is 0 Å². The Kier molecular flexibility index (Phi) is 4.90. The Balaban J connectivity index is 1.80. The van der Waals surface area contributed by atoms with Crippen molar-refractivity contribution in [3.05, 3.63) is 81.1 Å². The number of rotatable bonds is 4. The number of hydrogen-bond acceptors (Lipinski definition) is 5. The van der Waals surface area contributed by atoms with Crippen LogP contribution in [-0.2, 0) is 0 Å². The molecule has 0 bridgehead atoms. The van der Waals surface area contributed by atoms with Crippen molar-refractivity contribution in [2.45, 2.75) is 13.8 Å². The second-order valence-electron chi connectivity index (χ2n) is 6.67. The summed E-state index contributed by atoms with van der Waals surface area (Å²) in [5.74, 6) is 0.212. The van der Waals surface area contributed by atoms with Gasteiger partial charge in [0.25, 0.3) is 11.5 Å². The molecule has 0 atom stereocenters. The normalized spacial score (nSPS) is 10.9. The number of nitrogens with one attached hydrogen (secondary N) is 1. The third-order valence-corrected chi connectivity index (χ3v) is 5.62. The maximum Gasteiger partial charge on any atom is 0.271 e. The van der Waals surface area contributed by atoms with Crippen molar-refractivity contribution >= 4 is 27.9 Å². The molecule has 4 aromatic rings. The number of carbonyl (C=O) groups is 1. The molecule has 1 N–H and O–H groups in total. The summed E-state index contributed by atoms with van der Waals surface area (Å²) >= 11 is 1.35. The van der Waals surface area contributed by atoms with Gasteiger partial charge in [0.15, 0.2) is 4.96 Å². The van der Waals surface area contributed by atoms with Crippen LogP contribution in [0.5, 0.6) is 5.75 Å². The van der Waals surface area contributed by atoms with E-state index in [0.717, 1.165) is 16.7 Å². The average molecular weight is 405 g/mol. The van der Waals surface area contributed by atoms with E-state index in [0.29, 0.717) is 22.1 Å². The number of benzene rings is 2. The highest BCUT2D eigenvalue weighted by atomic mass is 32.1. The Bertz CT molecular complexity index is 1270. The van der Waals surface area contributed by atoms with Crippen LogP contribution < -0.4 is 15.6 Å². The first-order valence-corrected chi connectivity index (χ1v) is 9.89. The van der Waals surface area contributed by atoms with Crippen LogP contribution in [0.2, 0.25) is 0 Å². The SMILES string of the molecule is COc1cccc(-c2csc3ncc(C(=O)Nc4c(C)cccc4C)c(=O)n23)c1. The summed E-state index contributed by atoms with van der Waals surface area (Å²) in [5.41, 5.74) is 3.64. The van der Waals surface area contributed by atoms with E-state index in [2.05, 4.69) is 10.3 Å². The Hall–Kier alpha value is -3.45. The minimum absolute atomic E-state index is 0.00676. The molecular weight excluding hydrogens is 386 g/mol. The van der Waals surface area contributed by atoms with Gasteiger partial charge in [-0.1, -0.05) is 30.3 Å². The molecule has 29 heavy (non-hydrogen) atoms. The summed E-state index contributed by atoms with van der Waals surface area (Å²) in [7, 11) is 1.59. The van der Waals surface area contributed by atoms with Gasteiger partial charge in [-0.05, 0) is 37.1 Å². The fourth-order valence-corrected chi connectivity index (χ4v) is 4.08. The molecule has 7 heteroatoms. The number of thiazole rings is 1. The van der Waals surface area contributed by atoms with Crippen molar-refractivity contribution in [1.82, 2.24) is 9.38 Å². The number of nitrogens with zero attached hydrogens (tertiary/aromatic N) is 2. The van der Waals surface area contributed by atoms with Crippen molar-refractivity contribution in [2.75, 3.05) is 12.4 Å². The predicted molar refractivity (Wildman–Crippen MR) is 115 cm³/mol. The first-order chi connectivity index (χ1) is 14.0. The lowest BCUT2D eigenvalue weighted by molar-refractivity contribution is 0.102. The predicted octanol–water partition coefficient (Wildman–Crippen LogP) is 4.30. The highest BCUT2D eigenvalue weighted by molar-refractivity contribution is 7.15. The summed E-state index contributed by atoms with van der Waals surface area (Å²) in [6.45, 7) is 3.83. The van der Waals surface area contributed by atoms with E-state index in [4.69, 9.17) is 4.74 Å². The lowest BCUT2D eigenvalue weighted by atomic mass is 10.1. The molecule has 2 aromatic carbocycles. The maximum atomic E-state index is 13.2. The standard InChI is InChI=1S/C22H19N3O3S/c1-13-6-4-7-14(2)19(13)24-20(26)17-11-23-22-25(21(17)27)18(12-29-22)15-8-5-9-16(10-15)28-3/h4-12H,1-3H3,(H,24,26). The molecule has 0 aliphatic rings. The van der Waals surface area contributed by atoms with Crippen LogP contribution in [0.15, 0.2) is 58.8 Å². The summed E-state index contributed by atoms with van der Waals surface area (Å²) < 4.78 is 6.75. The maximum absolute atomic E-state index is 13.2. The van der Waals surface area contributed by atoms with Crippen molar-refractivity contribution in [1.29, 1.82) is 0 Å². The van der Waals surface area contributed by atoms with Crippen molar-refractivity contribution in [3.8, 4) is 17.0 Å². The number of aromatic nitrogens is 2. The number of amides is 1. The molecule has 0 fully saturated rings. The van der Waals surface area contributed by atoms with Crippen LogP contribution in [0.3, 0.4) is 0 Å². The molecule has 0 spiro atoms. The number of ether oxygens (including phenoxy) is 1. The summed E-state index contributed by atoms with van der Waals surface area (Å²) in [4.78, 5) is 30.9. The Morgan fingerprint density at radius 2 is 1.86 bits per heavy atom. The second-order valence-corrected chi connectivity index (χ2v) is 7.51. The van der Waals surface area contributed by atoms with Gasteiger partial charge in [-0.25, -0.2) is 4.98 Å². The zero-order valence-electron chi connectivity index (χ0n) is 16.2. The third kappa shape index (κ3) is 3.40. The first-order valence-electron chi connectivity index (χ1n) is 9.01. The van der Waals surface area contributed by atoms with Gasteiger partial charge in [0, 0.05) is 22.8 Å². The van der Waals surface area contributed by atoms with Gasteiger partial charge in [0.05, 0.1) is 12.8 Å². The highest BCUT2D eigenvalue weighted by Crippen LogP contribution is 2.27. The van der Waals surface area contributed by atoms with Gasteiger partial charge >= 0.3 is 0 Å². The van der Waals surface area contributed by atoms with Crippen LogP contribution in [0.1, 0.15) is 21.5 Å². The Morgan fingerprint density at radius 1 is 1.14 bits per heavy atom. The monoisotopic (exact) mass is 405 g/mol. The molecule has 0 saturated heterocycles. The van der Waals surface area contributed by atoms with Crippen LogP contribution in [-0.4, -0.2) is 22.4 Å². The number of hydrogen-bond donors (Lipinski definition) is 1. The molecule has 146 valence electrons. The largest absolute Gasteiger partial charge is 0.497 e. The minimum Gasteiger partial charge on any atom is -0.497 e. The number of para-hydroxylation sites is 1. The van der Waals surface area contributed by atoms with Crippen LogP contribution in [0.4, 0.5) is 5.69 Å². The second kappa shape index (κ2) is 7.52. The Morgan fingerprint density at radius 3 is 2.59 bits per heavy atom. The van der Waals surface area contributed by atoms with E-state index in [1.54, 1.807) is 7.11 Å². The first kappa shape index (κ1) is 18.9. The molecule has 4 rings (SSSR count). The fraction of sp³-hybridized carbons (Fsp3) is 0.136. The summed E-state index contributed by atoms with van der Waals surface area (Å²) in [6.07, 6.45) is 1.34. The molecule has 2 heterocycles. The summed E-state index contributed by atoms with van der Waals surface area (Å²) in [5, 5.41) is 4.71. The molecule has 0 aliphatic carbocycles. The quantitative estimate of drug-likeness (QED) is 0.549. The zero-order valence-corrected chi connectivity index (χ0v) is 17.0. The topological polar surface area (TPSA) is 72.7 Å². The lowest BCUT2D eigenvalue weighted by Gasteiger charge is -2.11. The molecule has 0 saturated carbocycles. The third-order valence-electron chi connectivity index (χ3n) is 4.78. The average Bonchev–Trinajstić information content (AvgIpc) is 3.16. The van der Waals surface area contributed by atoms with Gasteiger partial charge in [0.1, 0.15) is 11.3 Å². The molecule has 6 nitrogen and oxygen atoms in total. The molecule has 0 radical (unpaired) electrons. The van der Waals surface area contributed by atoms with Crippen molar-refractivity contribution in [3.63, 3.8) is 0 Å². The van der Waals surface area contributed by atoms with Gasteiger partial charge in [-0.3, -0.25) is 14.0 Å². The minimum atomic E-state index is -0.475. The van der Waals surface area contributed by atoms with Crippen LogP contribution in [0, 0.1) is 13.8 Å². The van der Waals surface area contributed by atoms with E-state index in [9.17, 15) is 9.59 Å². The summed E-state index contributed by atoms with van der Waals surface area (Å²) in [6, 6.07) is 13.2. The zero-order chi connectivity index (χ0) is 20.5. The number of fused-ring (bicyclic) bond motifs is 1. The van der Waals surface area contributed by atoms with E-state index < -0.39 is 11.5 Å². The molecule has 2 aromatic heterocycles. The molecule has 0 unspecified atom stereocenters. The van der Waals surface area contributed by atoms with Gasteiger partial charge < -0.3 is 10.1 Å². The molecule has 0 aliphatic heterocycles. The lowest BCUT2D eigenvalue weighted by Crippen LogP contribution is -2.27. The Labute approximate surface area is 171 Å². The fourth-order valence-electron chi connectivity index (χ4n) is 3.22. The number of carbonyl (C=O) groups excluding carboxylic acids is 1. The van der Waals surface area contributed by atoms with Gasteiger partial charge in [-0.15, -0.1) is 11.3 Å². The molecular formula is C22H19N3O3S. The van der Waals surface area contributed by atoms with E-state index in [1.807, 2.05) is 61.7 Å². The van der Waals surface area contributed by atoms with Gasteiger partial charge in [0.2, 0.25) is 0 Å². The van der Waals surface area contributed by atoms with Crippen molar-refractivity contribution in [2.24, 2.45) is 0 Å². The van der Waals surface area contributed by atoms with Crippen LogP contribution >= 0.6 is 11.3 Å². The smallest absolute Gasteiger partial charge is 0.271 e. The van der Waals surface area contributed by atoms with E-state index in [-0.39, 0.29) is 5.56 Å². The number of methoxy groups -OCH3 is 1. The van der Waals surface area contributed by atoms with E-state index in [1.165, 1.54) is 21.9 Å². The number of aryl methyl sites for hydroxylation is 2. The van der Waals surface area contributed by atoms with Crippen LogP contribution in [0.25, 0.3) is 16.2 Å². The number of anilines is 1. The molecule has 1 amide bonds. The van der Waals surface area contributed by atoms with Gasteiger partial charge in [-0.2, -0.15) is 0 Å².